The highest BCUT2D eigenvalue weighted by molar-refractivity contribution is 7.25. The van der Waals surface area contributed by atoms with E-state index in [0.29, 0.717) is 0 Å². The lowest BCUT2D eigenvalue weighted by Gasteiger charge is -2.26. The lowest BCUT2D eigenvalue weighted by molar-refractivity contribution is 1.28. The molecule has 0 atom stereocenters. The van der Waals surface area contributed by atoms with Gasteiger partial charge in [-0.15, -0.1) is 11.3 Å². The molecule has 42 heavy (non-hydrogen) atoms. The minimum Gasteiger partial charge on any atom is -0.310 e. The third-order valence-electron chi connectivity index (χ3n) is 8.05. The van der Waals surface area contributed by atoms with Crippen molar-refractivity contribution in [1.29, 1.82) is 0 Å². The van der Waals surface area contributed by atoms with Crippen molar-refractivity contribution in [2.24, 2.45) is 0 Å². The first-order valence-electron chi connectivity index (χ1n) is 14.3. The first-order chi connectivity index (χ1) is 20.8. The summed E-state index contributed by atoms with van der Waals surface area (Å²) in [6.07, 6.45) is 0. The van der Waals surface area contributed by atoms with Gasteiger partial charge in [0.25, 0.3) is 0 Å². The summed E-state index contributed by atoms with van der Waals surface area (Å²) in [5.41, 5.74) is 8.29. The largest absolute Gasteiger partial charge is 0.310 e. The van der Waals surface area contributed by atoms with E-state index in [-0.39, 0.29) is 0 Å². The summed E-state index contributed by atoms with van der Waals surface area (Å²) in [4.78, 5) is 2.34. The van der Waals surface area contributed by atoms with Crippen LogP contribution in [-0.2, 0) is 0 Å². The van der Waals surface area contributed by atoms with Gasteiger partial charge in [-0.3, -0.25) is 0 Å². The normalized spacial score (nSPS) is 11.3. The maximum atomic E-state index is 2.34. The molecular weight excluding hydrogens is 527 g/mol. The monoisotopic (exact) mass is 553 g/mol. The molecule has 198 valence electrons. The lowest BCUT2D eigenvalue weighted by atomic mass is 9.97. The average molecular weight is 554 g/mol. The van der Waals surface area contributed by atoms with Crippen LogP contribution in [0.2, 0.25) is 0 Å². The van der Waals surface area contributed by atoms with Gasteiger partial charge in [0.15, 0.2) is 0 Å². The quantitative estimate of drug-likeness (QED) is 0.205. The molecule has 8 aromatic rings. The molecule has 1 heterocycles. The van der Waals surface area contributed by atoms with Gasteiger partial charge < -0.3 is 4.90 Å². The molecule has 0 radical (unpaired) electrons. The minimum absolute atomic E-state index is 1.13. The van der Waals surface area contributed by atoms with Crippen LogP contribution in [0.15, 0.2) is 164 Å². The van der Waals surface area contributed by atoms with Crippen LogP contribution in [0.4, 0.5) is 17.1 Å². The van der Waals surface area contributed by atoms with Crippen molar-refractivity contribution >= 4 is 59.3 Å². The number of rotatable bonds is 5. The van der Waals surface area contributed by atoms with Crippen LogP contribution in [-0.4, -0.2) is 0 Å². The third kappa shape index (κ3) is 4.34. The van der Waals surface area contributed by atoms with Crippen LogP contribution in [0.3, 0.4) is 0 Å². The van der Waals surface area contributed by atoms with Crippen LogP contribution in [0, 0.1) is 0 Å². The van der Waals surface area contributed by atoms with E-state index in [2.05, 4.69) is 169 Å². The highest BCUT2D eigenvalue weighted by Crippen LogP contribution is 2.40. The van der Waals surface area contributed by atoms with E-state index in [1.807, 2.05) is 11.3 Å². The summed E-state index contributed by atoms with van der Waals surface area (Å²) in [7, 11) is 0. The predicted molar refractivity (Wildman–Crippen MR) is 182 cm³/mol. The fourth-order valence-electron chi connectivity index (χ4n) is 6.02. The lowest BCUT2D eigenvalue weighted by Crippen LogP contribution is -2.09. The van der Waals surface area contributed by atoms with Crippen molar-refractivity contribution in [2.75, 3.05) is 4.90 Å². The predicted octanol–water partition coefficient (Wildman–Crippen LogP) is 12.0. The average Bonchev–Trinajstić information content (AvgIpc) is 3.44. The fraction of sp³-hybridized carbons (Fsp3) is 0. The molecule has 1 aromatic heterocycles. The van der Waals surface area contributed by atoms with Crippen molar-refractivity contribution in [3.63, 3.8) is 0 Å². The summed E-state index contributed by atoms with van der Waals surface area (Å²) in [5, 5.41) is 5.18. The summed E-state index contributed by atoms with van der Waals surface area (Å²) >= 11 is 1.86. The fourth-order valence-corrected chi connectivity index (χ4v) is 7.11. The summed E-state index contributed by atoms with van der Waals surface area (Å²) in [5.74, 6) is 0. The van der Waals surface area contributed by atoms with E-state index in [4.69, 9.17) is 0 Å². The van der Waals surface area contributed by atoms with Crippen LogP contribution >= 0.6 is 11.3 Å². The smallest absolute Gasteiger partial charge is 0.0467 e. The number of benzene rings is 7. The molecule has 8 rings (SSSR count). The SMILES string of the molecule is c1ccc(N(c2ccc(-c3ccc4sc5ccccc5c4c3)cc2)c2cccc(-c3cccc4ccccc34)c2)cc1. The minimum atomic E-state index is 1.13. The van der Waals surface area contributed by atoms with E-state index in [9.17, 15) is 0 Å². The Morgan fingerprint density at radius 2 is 1.00 bits per heavy atom. The second-order valence-electron chi connectivity index (χ2n) is 10.6. The number of thiophene rings is 1. The molecule has 7 aromatic carbocycles. The maximum absolute atomic E-state index is 2.34. The van der Waals surface area contributed by atoms with E-state index in [1.54, 1.807) is 0 Å². The molecule has 0 amide bonds. The molecule has 0 saturated heterocycles. The van der Waals surface area contributed by atoms with Crippen molar-refractivity contribution in [1.82, 2.24) is 0 Å². The van der Waals surface area contributed by atoms with Crippen molar-refractivity contribution in [2.45, 2.75) is 0 Å². The number of nitrogens with zero attached hydrogens (tertiary/aromatic N) is 1. The Balaban J connectivity index is 1.21. The number of para-hydroxylation sites is 1. The number of hydrogen-bond acceptors (Lipinski definition) is 2. The Kier molecular flexibility index (Phi) is 6.05. The molecule has 0 unspecified atom stereocenters. The standard InChI is InChI=1S/C40H27NS/c1-2-13-32(14-3-1)41(34-15-8-12-31(26-34)36-18-9-11-29-10-4-5-16-35(29)36)33-23-20-28(21-24-33)30-22-25-40-38(27-30)37-17-6-7-19-39(37)42-40/h1-27H. The van der Waals surface area contributed by atoms with Gasteiger partial charge in [-0.05, 0) is 87.6 Å². The summed E-state index contributed by atoms with van der Waals surface area (Å²) in [6, 6.07) is 59.2. The summed E-state index contributed by atoms with van der Waals surface area (Å²) < 4.78 is 2.67. The van der Waals surface area contributed by atoms with Crippen LogP contribution < -0.4 is 4.90 Å². The van der Waals surface area contributed by atoms with Gasteiger partial charge in [-0.1, -0.05) is 109 Å². The van der Waals surface area contributed by atoms with Crippen molar-refractivity contribution in [3.05, 3.63) is 164 Å². The third-order valence-corrected chi connectivity index (χ3v) is 9.21. The van der Waals surface area contributed by atoms with Gasteiger partial charge in [-0.25, -0.2) is 0 Å². The van der Waals surface area contributed by atoms with Crippen LogP contribution in [0.1, 0.15) is 0 Å². The topological polar surface area (TPSA) is 3.24 Å². The van der Waals surface area contributed by atoms with Gasteiger partial charge >= 0.3 is 0 Å². The molecule has 2 heteroatoms. The van der Waals surface area contributed by atoms with Gasteiger partial charge in [0.1, 0.15) is 0 Å². The number of hydrogen-bond donors (Lipinski definition) is 0. The molecule has 0 aliphatic carbocycles. The van der Waals surface area contributed by atoms with Crippen molar-refractivity contribution < 1.29 is 0 Å². The highest BCUT2D eigenvalue weighted by Gasteiger charge is 2.15. The molecule has 0 saturated carbocycles. The molecule has 0 aliphatic heterocycles. The van der Waals surface area contributed by atoms with Gasteiger partial charge in [0.2, 0.25) is 0 Å². The second-order valence-corrected chi connectivity index (χ2v) is 11.7. The molecule has 0 spiro atoms. The Morgan fingerprint density at radius 3 is 1.88 bits per heavy atom. The summed E-state index contributed by atoms with van der Waals surface area (Å²) in [6.45, 7) is 0. The van der Waals surface area contributed by atoms with E-state index < -0.39 is 0 Å². The zero-order chi connectivity index (χ0) is 27.9. The first-order valence-corrected chi connectivity index (χ1v) is 15.1. The van der Waals surface area contributed by atoms with Gasteiger partial charge in [0.05, 0.1) is 0 Å². The highest BCUT2D eigenvalue weighted by atomic mass is 32.1. The first kappa shape index (κ1) is 24.6. The molecule has 0 fully saturated rings. The van der Waals surface area contributed by atoms with Crippen LogP contribution in [0.25, 0.3) is 53.2 Å². The Hall–Kier alpha value is -5.18. The molecule has 1 nitrogen and oxygen atoms in total. The molecule has 0 N–H and O–H groups in total. The van der Waals surface area contributed by atoms with Crippen molar-refractivity contribution in [3.8, 4) is 22.3 Å². The Labute approximate surface area is 249 Å². The second kappa shape index (κ2) is 10.3. The molecular formula is C40H27NS. The van der Waals surface area contributed by atoms with E-state index in [0.717, 1.165) is 17.1 Å². The van der Waals surface area contributed by atoms with Crippen LogP contribution in [0.5, 0.6) is 0 Å². The van der Waals surface area contributed by atoms with E-state index in [1.165, 1.54) is 53.2 Å². The number of anilines is 3. The molecule has 0 aliphatic rings. The van der Waals surface area contributed by atoms with Gasteiger partial charge in [0, 0.05) is 37.2 Å². The zero-order valence-electron chi connectivity index (χ0n) is 22.9. The Morgan fingerprint density at radius 1 is 0.357 bits per heavy atom. The van der Waals surface area contributed by atoms with Gasteiger partial charge in [-0.2, -0.15) is 0 Å². The molecule has 0 bridgehead atoms. The van der Waals surface area contributed by atoms with E-state index >= 15 is 0 Å². The Bertz CT molecular complexity index is 2190. The zero-order valence-corrected chi connectivity index (χ0v) is 23.8. The maximum Gasteiger partial charge on any atom is 0.0467 e. The number of fused-ring (bicyclic) bond motifs is 4.